The first-order valence-corrected chi connectivity index (χ1v) is 9.34. The van der Waals surface area contributed by atoms with Gasteiger partial charge in [0.1, 0.15) is 22.3 Å². The van der Waals surface area contributed by atoms with Gasteiger partial charge in [-0.2, -0.15) is 0 Å². The molecular formula is C21H21F2NO4S. The number of nitrogens with zero attached hydrogens (tertiary/aromatic N) is 1. The van der Waals surface area contributed by atoms with Gasteiger partial charge in [0.2, 0.25) is 0 Å². The van der Waals surface area contributed by atoms with E-state index in [9.17, 15) is 13.6 Å². The van der Waals surface area contributed by atoms with Gasteiger partial charge < -0.3 is 14.2 Å². The van der Waals surface area contributed by atoms with E-state index in [0.717, 1.165) is 17.4 Å². The zero-order chi connectivity index (χ0) is 21.6. The molecule has 0 aliphatic carbocycles. The predicted molar refractivity (Wildman–Crippen MR) is 108 cm³/mol. The summed E-state index contributed by atoms with van der Waals surface area (Å²) >= 11 is 1.06. The van der Waals surface area contributed by atoms with Crippen molar-refractivity contribution in [3.63, 3.8) is 0 Å². The van der Waals surface area contributed by atoms with Crippen LogP contribution in [0.25, 0.3) is 5.57 Å². The number of carbonyl (C=O) groups is 1. The maximum Gasteiger partial charge on any atom is 0.350 e. The lowest BCUT2D eigenvalue weighted by molar-refractivity contribution is 0.0605. The number of thiazole rings is 1. The van der Waals surface area contributed by atoms with Crippen molar-refractivity contribution in [3.05, 3.63) is 75.5 Å². The highest BCUT2D eigenvalue weighted by atomic mass is 32.1. The normalized spacial score (nSPS) is 11.9. The van der Waals surface area contributed by atoms with Crippen molar-refractivity contribution in [3.8, 4) is 5.75 Å². The van der Waals surface area contributed by atoms with E-state index in [-0.39, 0.29) is 22.8 Å². The molecule has 0 bridgehead atoms. The highest BCUT2D eigenvalue weighted by Gasteiger charge is 2.21. The molecular weight excluding hydrogens is 400 g/mol. The Morgan fingerprint density at radius 2 is 1.97 bits per heavy atom. The van der Waals surface area contributed by atoms with Crippen LogP contribution >= 0.6 is 11.3 Å². The van der Waals surface area contributed by atoms with E-state index in [4.69, 9.17) is 14.2 Å². The highest BCUT2D eigenvalue weighted by Crippen LogP contribution is 2.29. The van der Waals surface area contributed by atoms with Crippen LogP contribution in [0.2, 0.25) is 0 Å². The second-order valence-corrected chi connectivity index (χ2v) is 6.94. The summed E-state index contributed by atoms with van der Waals surface area (Å²) in [6.45, 7) is 6.75. The molecule has 1 aromatic carbocycles. The molecule has 154 valence electrons. The Hall–Kier alpha value is -3.00. The van der Waals surface area contributed by atoms with Crippen LogP contribution in [-0.4, -0.2) is 25.2 Å². The minimum absolute atomic E-state index is 0.0987. The maximum atomic E-state index is 14.1. The van der Waals surface area contributed by atoms with Gasteiger partial charge in [0.05, 0.1) is 25.7 Å². The number of methoxy groups -OCH3 is 2. The summed E-state index contributed by atoms with van der Waals surface area (Å²) < 4.78 is 42.9. The molecule has 0 fully saturated rings. The van der Waals surface area contributed by atoms with Crippen molar-refractivity contribution in [2.75, 3.05) is 14.2 Å². The summed E-state index contributed by atoms with van der Waals surface area (Å²) in [4.78, 5) is 16.9. The molecule has 0 atom stereocenters. The Bertz CT molecular complexity index is 979. The first kappa shape index (κ1) is 22.3. The Morgan fingerprint density at radius 3 is 2.59 bits per heavy atom. The van der Waals surface area contributed by atoms with E-state index in [1.165, 1.54) is 20.1 Å². The van der Waals surface area contributed by atoms with Crippen LogP contribution in [-0.2, 0) is 16.1 Å². The zero-order valence-electron chi connectivity index (χ0n) is 16.5. The molecule has 8 heteroatoms. The van der Waals surface area contributed by atoms with Crippen LogP contribution < -0.4 is 4.74 Å². The van der Waals surface area contributed by atoms with Crippen LogP contribution in [0.3, 0.4) is 0 Å². The van der Waals surface area contributed by atoms with E-state index in [2.05, 4.69) is 11.6 Å². The number of benzene rings is 1. The molecule has 0 amide bonds. The number of ether oxygens (including phenoxy) is 3. The van der Waals surface area contributed by atoms with Crippen molar-refractivity contribution < 1.29 is 27.8 Å². The molecule has 29 heavy (non-hydrogen) atoms. The second kappa shape index (κ2) is 9.97. The first-order chi connectivity index (χ1) is 13.8. The van der Waals surface area contributed by atoms with E-state index in [1.807, 2.05) is 0 Å². The summed E-state index contributed by atoms with van der Waals surface area (Å²) in [5, 5.41) is 0.418. The number of carbonyl (C=O) groups excluding carboxylic acids is 1. The van der Waals surface area contributed by atoms with Gasteiger partial charge in [-0.25, -0.2) is 18.6 Å². The van der Waals surface area contributed by atoms with Crippen molar-refractivity contribution in [1.29, 1.82) is 0 Å². The average molecular weight is 421 g/mol. The molecule has 0 saturated heterocycles. The van der Waals surface area contributed by atoms with Gasteiger partial charge in [0, 0.05) is 11.1 Å². The molecule has 1 heterocycles. The molecule has 0 aliphatic rings. The molecule has 0 radical (unpaired) electrons. The average Bonchev–Trinajstić information content (AvgIpc) is 3.15. The summed E-state index contributed by atoms with van der Waals surface area (Å²) in [6, 6.07) is 2.34. The quantitative estimate of drug-likeness (QED) is 0.333. The monoisotopic (exact) mass is 421 g/mol. The first-order valence-electron chi connectivity index (χ1n) is 8.53. The number of aromatic nitrogens is 1. The van der Waals surface area contributed by atoms with Gasteiger partial charge in [-0.15, -0.1) is 11.3 Å². The largest absolute Gasteiger partial charge is 0.501 e. The van der Waals surface area contributed by atoms with Gasteiger partial charge in [0.15, 0.2) is 11.6 Å². The minimum Gasteiger partial charge on any atom is -0.501 e. The van der Waals surface area contributed by atoms with E-state index < -0.39 is 17.6 Å². The van der Waals surface area contributed by atoms with Crippen LogP contribution in [0.1, 0.15) is 32.9 Å². The lowest BCUT2D eigenvalue weighted by atomic mass is 10.1. The lowest BCUT2D eigenvalue weighted by Crippen LogP contribution is -2.02. The fourth-order valence-corrected chi connectivity index (χ4v) is 3.18. The Labute approximate surface area is 171 Å². The third-order valence-electron chi connectivity index (χ3n) is 3.99. The summed E-state index contributed by atoms with van der Waals surface area (Å²) in [5.74, 6) is -1.43. The number of allylic oxidation sites excluding steroid dienone is 5. The highest BCUT2D eigenvalue weighted by molar-refractivity contribution is 7.13. The smallest absolute Gasteiger partial charge is 0.350 e. The number of halogens is 2. The molecule has 5 nitrogen and oxygen atoms in total. The fourth-order valence-electron chi connectivity index (χ4n) is 2.26. The SMILES string of the molecule is C=C/C(=C\C=C(/C)OC)c1nc(COc2ccc(F)c(C)c2F)sc1C(=O)OC. The molecule has 2 rings (SSSR count). The van der Waals surface area contributed by atoms with Crippen LogP contribution in [0.5, 0.6) is 5.75 Å². The summed E-state index contributed by atoms with van der Waals surface area (Å²) in [7, 11) is 2.81. The van der Waals surface area contributed by atoms with Crippen LogP contribution in [0.15, 0.2) is 42.7 Å². The molecule has 0 N–H and O–H groups in total. The van der Waals surface area contributed by atoms with Gasteiger partial charge in [-0.05, 0) is 38.1 Å². The molecule has 0 saturated carbocycles. The third-order valence-corrected chi connectivity index (χ3v) is 5.00. The van der Waals surface area contributed by atoms with Gasteiger partial charge in [0.25, 0.3) is 0 Å². The molecule has 0 spiro atoms. The molecule has 0 aliphatic heterocycles. The summed E-state index contributed by atoms with van der Waals surface area (Å²) in [6.07, 6.45) is 4.97. The number of hydrogen-bond donors (Lipinski definition) is 0. The zero-order valence-corrected chi connectivity index (χ0v) is 17.4. The fraction of sp³-hybridized carbons (Fsp3) is 0.238. The van der Waals surface area contributed by atoms with Crippen LogP contribution in [0.4, 0.5) is 8.78 Å². The van der Waals surface area contributed by atoms with E-state index >= 15 is 0 Å². The Morgan fingerprint density at radius 1 is 1.24 bits per heavy atom. The van der Waals surface area contributed by atoms with Crippen molar-refractivity contribution in [1.82, 2.24) is 4.98 Å². The van der Waals surface area contributed by atoms with Gasteiger partial charge in [-0.3, -0.25) is 0 Å². The number of esters is 1. The van der Waals surface area contributed by atoms with Crippen molar-refractivity contribution >= 4 is 22.9 Å². The lowest BCUT2D eigenvalue weighted by Gasteiger charge is -2.07. The molecule has 2 aromatic rings. The topological polar surface area (TPSA) is 57.7 Å². The predicted octanol–water partition coefficient (Wildman–Crippen LogP) is 5.21. The summed E-state index contributed by atoms with van der Waals surface area (Å²) in [5.41, 5.74) is 0.814. The maximum absolute atomic E-state index is 14.1. The van der Waals surface area contributed by atoms with Gasteiger partial charge >= 0.3 is 5.97 Å². The van der Waals surface area contributed by atoms with Gasteiger partial charge in [-0.1, -0.05) is 12.7 Å². The second-order valence-electron chi connectivity index (χ2n) is 5.86. The van der Waals surface area contributed by atoms with Crippen molar-refractivity contribution in [2.24, 2.45) is 0 Å². The number of rotatable bonds is 8. The van der Waals surface area contributed by atoms with E-state index in [0.29, 0.717) is 22.0 Å². The van der Waals surface area contributed by atoms with Crippen molar-refractivity contribution in [2.45, 2.75) is 20.5 Å². The molecule has 0 unspecified atom stereocenters. The minimum atomic E-state index is -0.776. The van der Waals surface area contributed by atoms with Crippen LogP contribution in [0, 0.1) is 18.6 Å². The molecule has 1 aromatic heterocycles. The third kappa shape index (κ3) is 5.29. The number of hydrogen-bond acceptors (Lipinski definition) is 6. The Kier molecular flexibility index (Phi) is 7.67. The Balaban J connectivity index is 2.36. The van der Waals surface area contributed by atoms with E-state index in [1.54, 1.807) is 32.3 Å². The standard InChI is InChI=1S/C21H21F2NO4S/c1-6-14(8-7-12(2)26-4)19-20(21(25)27-5)29-17(24-19)11-28-16-10-9-15(22)13(3)18(16)23/h6-10H,1,11H2,2-5H3/b12-7+,14-8+.